The average Bonchev–Trinajstić information content (AvgIpc) is 3.02. The molecule has 2 rings (SSSR count). The van der Waals surface area contributed by atoms with E-state index < -0.39 is 11.5 Å². The normalized spacial score (nSPS) is 19.6. The van der Waals surface area contributed by atoms with E-state index in [1.807, 2.05) is 24.3 Å². The lowest BCUT2D eigenvalue weighted by Crippen LogP contribution is -2.59. The molecule has 1 heterocycles. The third-order valence-corrected chi connectivity index (χ3v) is 4.85. The molecule has 6 heteroatoms. The molecule has 0 aliphatic carbocycles. The molecule has 130 valence electrons. The summed E-state index contributed by atoms with van der Waals surface area (Å²) in [5.41, 5.74) is -0.256. The quantitative estimate of drug-likeness (QED) is 0.741. The first-order valence-corrected chi connectivity index (χ1v) is 8.40. The fourth-order valence-electron chi connectivity index (χ4n) is 3.40. The summed E-state index contributed by atoms with van der Waals surface area (Å²) in [5.74, 6) is -1.48. The fraction of sp³-hybridized carbons (Fsp3) is 0.444. The number of hydrogen-bond acceptors (Lipinski definition) is 3. The molecule has 24 heavy (non-hydrogen) atoms. The molecule has 0 bridgehead atoms. The molecule has 0 unspecified atom stereocenters. The Bertz CT molecular complexity index is 617. The lowest BCUT2D eigenvalue weighted by molar-refractivity contribution is -0.150. The number of hydrogen-bond donors (Lipinski definition) is 2. The molecule has 2 atom stereocenters. The molecule has 0 aromatic heterocycles. The monoisotopic (exact) mass is 350 g/mol. The first-order chi connectivity index (χ1) is 11.4. The van der Waals surface area contributed by atoms with Crippen LogP contribution >= 0.6 is 11.6 Å². The van der Waals surface area contributed by atoms with E-state index in [1.54, 1.807) is 6.08 Å². The van der Waals surface area contributed by atoms with Crippen LogP contribution in [0.2, 0.25) is 5.02 Å². The minimum absolute atomic E-state index is 0.172. The molecule has 1 saturated heterocycles. The molecule has 1 amide bonds. The summed E-state index contributed by atoms with van der Waals surface area (Å²) in [6, 6.07) is 7.49. The summed E-state index contributed by atoms with van der Waals surface area (Å²) in [5, 5.41) is 13.2. The SMILES string of the molecule is C=CCC[C@](NC(C)=O)(C(=O)O)[C@H]1CCN(c2ccc(Cl)cc2)C1. The number of allylic oxidation sites excluding steroid dienone is 1. The number of anilines is 1. The summed E-state index contributed by atoms with van der Waals surface area (Å²) in [6.45, 7) is 6.35. The number of halogens is 1. The van der Waals surface area contributed by atoms with Crippen LogP contribution in [0.3, 0.4) is 0 Å². The van der Waals surface area contributed by atoms with Crippen LogP contribution < -0.4 is 10.2 Å². The second-order valence-electron chi connectivity index (χ2n) is 6.19. The molecule has 1 aliphatic rings. The number of carbonyl (C=O) groups excluding carboxylic acids is 1. The number of rotatable bonds is 7. The second kappa shape index (κ2) is 7.71. The highest BCUT2D eigenvalue weighted by Gasteiger charge is 2.48. The Kier molecular flexibility index (Phi) is 5.89. The molecule has 2 N–H and O–H groups in total. The van der Waals surface area contributed by atoms with Gasteiger partial charge in [0.15, 0.2) is 0 Å². The summed E-state index contributed by atoms with van der Waals surface area (Å²) < 4.78 is 0. The molecule has 1 aromatic carbocycles. The number of amides is 1. The molecule has 5 nitrogen and oxygen atoms in total. The number of benzene rings is 1. The molecular weight excluding hydrogens is 328 g/mol. The predicted molar refractivity (Wildman–Crippen MR) is 95.4 cm³/mol. The van der Waals surface area contributed by atoms with Gasteiger partial charge in [0.1, 0.15) is 5.54 Å². The van der Waals surface area contributed by atoms with Gasteiger partial charge in [0, 0.05) is 36.6 Å². The highest BCUT2D eigenvalue weighted by molar-refractivity contribution is 6.30. The average molecular weight is 351 g/mol. The summed E-state index contributed by atoms with van der Waals surface area (Å²) >= 11 is 5.92. The molecule has 1 aliphatic heterocycles. The number of nitrogens with one attached hydrogen (secondary N) is 1. The van der Waals surface area contributed by atoms with Gasteiger partial charge in [-0.25, -0.2) is 4.79 Å². The third kappa shape index (κ3) is 3.90. The van der Waals surface area contributed by atoms with Crippen LogP contribution in [0.5, 0.6) is 0 Å². The van der Waals surface area contributed by atoms with Crippen molar-refractivity contribution in [2.24, 2.45) is 5.92 Å². The Hall–Kier alpha value is -2.01. The Morgan fingerprint density at radius 1 is 1.46 bits per heavy atom. The van der Waals surface area contributed by atoms with E-state index in [1.165, 1.54) is 6.92 Å². The van der Waals surface area contributed by atoms with Crippen LogP contribution in [-0.2, 0) is 9.59 Å². The van der Waals surface area contributed by atoms with Crippen LogP contribution in [0.4, 0.5) is 5.69 Å². The number of aliphatic carboxylic acids is 1. The van der Waals surface area contributed by atoms with E-state index in [0.29, 0.717) is 30.8 Å². The minimum atomic E-state index is -1.26. The fourth-order valence-corrected chi connectivity index (χ4v) is 3.52. The first kappa shape index (κ1) is 18.3. The standard InChI is InChI=1S/C18H23ClN2O3/c1-3-4-10-18(17(23)24,20-13(2)22)14-9-11-21(12-14)16-7-5-15(19)6-8-16/h3,5-8,14H,1,4,9-12H2,2H3,(H,20,22)(H,23,24)/t14-,18+/m0/s1. The largest absolute Gasteiger partial charge is 0.479 e. The number of nitrogens with zero attached hydrogens (tertiary/aromatic N) is 1. The van der Waals surface area contributed by atoms with Gasteiger partial charge in [-0.15, -0.1) is 6.58 Å². The topological polar surface area (TPSA) is 69.6 Å². The number of carboxylic acid groups (broad SMARTS) is 1. The molecular formula is C18H23ClN2O3. The van der Waals surface area contributed by atoms with Crippen molar-refractivity contribution >= 4 is 29.2 Å². The van der Waals surface area contributed by atoms with Crippen molar-refractivity contribution in [3.63, 3.8) is 0 Å². The van der Waals surface area contributed by atoms with Gasteiger partial charge in [-0.05, 0) is 43.5 Å². The zero-order chi connectivity index (χ0) is 17.7. The molecule has 1 fully saturated rings. The zero-order valence-corrected chi connectivity index (χ0v) is 14.6. The van der Waals surface area contributed by atoms with Crippen LogP contribution in [0.25, 0.3) is 0 Å². The van der Waals surface area contributed by atoms with Gasteiger partial charge in [-0.2, -0.15) is 0 Å². The van der Waals surface area contributed by atoms with Crippen molar-refractivity contribution < 1.29 is 14.7 Å². The molecule has 1 aromatic rings. The van der Waals surface area contributed by atoms with Gasteiger partial charge >= 0.3 is 5.97 Å². The van der Waals surface area contributed by atoms with E-state index in [9.17, 15) is 14.7 Å². The first-order valence-electron chi connectivity index (χ1n) is 8.02. The van der Waals surface area contributed by atoms with Crippen molar-refractivity contribution in [2.75, 3.05) is 18.0 Å². The summed E-state index contributed by atoms with van der Waals surface area (Å²) in [6.07, 6.45) is 3.26. The van der Waals surface area contributed by atoms with Crippen molar-refractivity contribution in [2.45, 2.75) is 31.7 Å². The van der Waals surface area contributed by atoms with E-state index in [4.69, 9.17) is 11.6 Å². The second-order valence-corrected chi connectivity index (χ2v) is 6.63. The highest BCUT2D eigenvalue weighted by Crippen LogP contribution is 2.34. The lowest BCUT2D eigenvalue weighted by Gasteiger charge is -2.35. The number of carboxylic acids is 1. The minimum Gasteiger partial charge on any atom is -0.479 e. The van der Waals surface area contributed by atoms with Gasteiger partial charge in [0.2, 0.25) is 5.91 Å². The summed E-state index contributed by atoms with van der Waals surface area (Å²) in [4.78, 5) is 25.8. The maximum atomic E-state index is 12.1. The Labute approximate surface area is 147 Å². The van der Waals surface area contributed by atoms with E-state index >= 15 is 0 Å². The highest BCUT2D eigenvalue weighted by atomic mass is 35.5. The van der Waals surface area contributed by atoms with Crippen molar-refractivity contribution in [1.82, 2.24) is 5.32 Å². The lowest BCUT2D eigenvalue weighted by atomic mass is 9.79. The Balaban J connectivity index is 2.23. The summed E-state index contributed by atoms with van der Waals surface area (Å²) in [7, 11) is 0. The molecule has 0 radical (unpaired) electrons. The maximum Gasteiger partial charge on any atom is 0.329 e. The van der Waals surface area contributed by atoms with Crippen LogP contribution in [0, 0.1) is 5.92 Å². The Morgan fingerprint density at radius 2 is 2.12 bits per heavy atom. The number of carbonyl (C=O) groups is 2. The third-order valence-electron chi connectivity index (χ3n) is 4.60. The van der Waals surface area contributed by atoms with Gasteiger partial charge < -0.3 is 15.3 Å². The predicted octanol–water partition coefficient (Wildman–Crippen LogP) is 3.09. The maximum absolute atomic E-state index is 12.1. The van der Waals surface area contributed by atoms with E-state index in [0.717, 1.165) is 12.2 Å². The zero-order valence-electron chi connectivity index (χ0n) is 13.8. The molecule has 0 saturated carbocycles. The Morgan fingerprint density at radius 3 is 2.67 bits per heavy atom. The molecule has 0 spiro atoms. The van der Waals surface area contributed by atoms with Crippen LogP contribution in [0.1, 0.15) is 26.2 Å². The van der Waals surface area contributed by atoms with Crippen molar-refractivity contribution in [3.05, 3.63) is 41.9 Å². The van der Waals surface area contributed by atoms with Gasteiger partial charge in [-0.3, -0.25) is 4.79 Å². The van der Waals surface area contributed by atoms with Crippen molar-refractivity contribution in [3.8, 4) is 0 Å². The van der Waals surface area contributed by atoms with E-state index in [-0.39, 0.29) is 11.8 Å². The van der Waals surface area contributed by atoms with Gasteiger partial charge in [0.05, 0.1) is 0 Å². The van der Waals surface area contributed by atoms with Crippen LogP contribution in [-0.4, -0.2) is 35.6 Å². The smallest absolute Gasteiger partial charge is 0.329 e. The van der Waals surface area contributed by atoms with Gasteiger partial charge in [-0.1, -0.05) is 17.7 Å². The van der Waals surface area contributed by atoms with Gasteiger partial charge in [0.25, 0.3) is 0 Å². The van der Waals surface area contributed by atoms with Crippen molar-refractivity contribution in [1.29, 1.82) is 0 Å². The van der Waals surface area contributed by atoms with E-state index in [2.05, 4.69) is 16.8 Å². The van der Waals surface area contributed by atoms with Crippen LogP contribution in [0.15, 0.2) is 36.9 Å².